The molecule has 5 rings (SSSR count). The molecule has 2 aliphatic rings. The standard InChI is InChI=1S/C24H17ClN2O3S/c25-15-6-8-16(9-7-15)27-23(29)17-10-5-14(13-19(17)24(27)30)22(28)26-20-11-12-31-21-4-2-1-3-18(20)21/h1-10,13,20H,11-12H2,(H,26,28). The quantitative estimate of drug-likeness (QED) is 0.565. The highest BCUT2D eigenvalue weighted by Crippen LogP contribution is 2.36. The van der Waals surface area contributed by atoms with Crippen molar-refractivity contribution in [2.45, 2.75) is 17.4 Å². The summed E-state index contributed by atoms with van der Waals surface area (Å²) in [5.41, 5.74) is 2.42. The van der Waals surface area contributed by atoms with Gasteiger partial charge in [0.25, 0.3) is 17.7 Å². The monoisotopic (exact) mass is 448 g/mol. The summed E-state index contributed by atoms with van der Waals surface area (Å²) >= 11 is 7.70. The van der Waals surface area contributed by atoms with Gasteiger partial charge < -0.3 is 5.32 Å². The predicted octanol–water partition coefficient (Wildman–Crippen LogP) is 5.11. The Balaban J connectivity index is 1.41. The first-order valence-electron chi connectivity index (χ1n) is 9.84. The van der Waals surface area contributed by atoms with E-state index in [1.54, 1.807) is 48.2 Å². The Kier molecular flexibility index (Phi) is 5.04. The third-order valence-electron chi connectivity index (χ3n) is 5.50. The summed E-state index contributed by atoms with van der Waals surface area (Å²) in [6.45, 7) is 0. The zero-order valence-electron chi connectivity index (χ0n) is 16.3. The summed E-state index contributed by atoms with van der Waals surface area (Å²) in [5, 5.41) is 3.60. The Labute approximate surface area is 188 Å². The second-order valence-corrected chi connectivity index (χ2v) is 8.96. The lowest BCUT2D eigenvalue weighted by Crippen LogP contribution is -2.30. The minimum atomic E-state index is -0.448. The topological polar surface area (TPSA) is 66.5 Å². The van der Waals surface area contributed by atoms with Crippen molar-refractivity contribution >= 4 is 46.8 Å². The molecule has 3 amide bonds. The molecule has 2 heterocycles. The van der Waals surface area contributed by atoms with E-state index < -0.39 is 11.8 Å². The third-order valence-corrected chi connectivity index (χ3v) is 6.87. The number of fused-ring (bicyclic) bond motifs is 2. The van der Waals surface area contributed by atoms with Crippen molar-refractivity contribution in [3.8, 4) is 0 Å². The summed E-state index contributed by atoms with van der Waals surface area (Å²) in [5.74, 6) is -0.196. The number of rotatable bonds is 3. The van der Waals surface area contributed by atoms with Crippen molar-refractivity contribution in [2.75, 3.05) is 10.7 Å². The van der Waals surface area contributed by atoms with Gasteiger partial charge in [0.1, 0.15) is 0 Å². The van der Waals surface area contributed by atoms with E-state index in [0.29, 0.717) is 16.3 Å². The first-order valence-corrected chi connectivity index (χ1v) is 11.2. The van der Waals surface area contributed by atoms with E-state index in [2.05, 4.69) is 11.4 Å². The molecule has 3 aromatic carbocycles. The van der Waals surface area contributed by atoms with Gasteiger partial charge in [-0.05, 0) is 60.5 Å². The van der Waals surface area contributed by atoms with E-state index in [4.69, 9.17) is 11.6 Å². The fourth-order valence-electron chi connectivity index (χ4n) is 3.94. The van der Waals surface area contributed by atoms with Gasteiger partial charge in [-0.15, -0.1) is 11.8 Å². The van der Waals surface area contributed by atoms with Crippen LogP contribution in [-0.4, -0.2) is 23.5 Å². The van der Waals surface area contributed by atoms with Gasteiger partial charge in [0.15, 0.2) is 0 Å². The number of anilines is 1. The maximum absolute atomic E-state index is 13.0. The number of amides is 3. The average Bonchev–Trinajstić information content (AvgIpc) is 3.04. The van der Waals surface area contributed by atoms with Crippen LogP contribution in [0, 0.1) is 0 Å². The molecule has 0 spiro atoms. The molecule has 0 saturated heterocycles. The predicted molar refractivity (Wildman–Crippen MR) is 121 cm³/mol. The summed E-state index contributed by atoms with van der Waals surface area (Å²) in [4.78, 5) is 41.0. The van der Waals surface area contributed by atoms with Crippen LogP contribution in [0.2, 0.25) is 5.02 Å². The first-order chi connectivity index (χ1) is 15.0. The Morgan fingerprint density at radius 3 is 2.52 bits per heavy atom. The average molecular weight is 449 g/mol. The summed E-state index contributed by atoms with van der Waals surface area (Å²) in [6.07, 6.45) is 0.833. The summed E-state index contributed by atoms with van der Waals surface area (Å²) in [6, 6.07) is 19.1. The van der Waals surface area contributed by atoms with Crippen LogP contribution >= 0.6 is 23.4 Å². The molecule has 0 radical (unpaired) electrons. The van der Waals surface area contributed by atoms with Crippen molar-refractivity contribution < 1.29 is 14.4 Å². The highest BCUT2D eigenvalue weighted by molar-refractivity contribution is 7.99. The number of hydrogen-bond acceptors (Lipinski definition) is 4. The van der Waals surface area contributed by atoms with Gasteiger partial charge in [-0.2, -0.15) is 0 Å². The fraction of sp³-hybridized carbons (Fsp3) is 0.125. The number of halogens is 1. The third kappa shape index (κ3) is 3.52. The van der Waals surface area contributed by atoms with Gasteiger partial charge in [-0.1, -0.05) is 29.8 Å². The van der Waals surface area contributed by atoms with Crippen LogP contribution in [0.3, 0.4) is 0 Å². The number of carbonyl (C=O) groups excluding carboxylic acids is 3. The zero-order chi connectivity index (χ0) is 21.5. The molecular weight excluding hydrogens is 432 g/mol. The molecule has 0 bridgehead atoms. The largest absolute Gasteiger partial charge is 0.345 e. The normalized spacial score (nSPS) is 17.3. The highest BCUT2D eigenvalue weighted by atomic mass is 35.5. The smallest absolute Gasteiger partial charge is 0.266 e. The maximum atomic E-state index is 13.0. The van der Waals surface area contributed by atoms with Gasteiger partial charge in [-0.25, -0.2) is 4.90 Å². The van der Waals surface area contributed by atoms with Gasteiger partial charge in [0.05, 0.1) is 22.9 Å². The van der Waals surface area contributed by atoms with Gasteiger partial charge in [-0.3, -0.25) is 14.4 Å². The molecule has 5 nitrogen and oxygen atoms in total. The van der Waals surface area contributed by atoms with Crippen LogP contribution in [0.25, 0.3) is 0 Å². The molecular formula is C24H17ClN2O3S. The number of hydrogen-bond donors (Lipinski definition) is 1. The van der Waals surface area contributed by atoms with E-state index in [1.165, 1.54) is 11.0 Å². The van der Waals surface area contributed by atoms with E-state index in [0.717, 1.165) is 22.6 Å². The molecule has 1 N–H and O–H groups in total. The van der Waals surface area contributed by atoms with Gasteiger partial charge >= 0.3 is 0 Å². The lowest BCUT2D eigenvalue weighted by Gasteiger charge is -2.26. The maximum Gasteiger partial charge on any atom is 0.266 e. The van der Waals surface area contributed by atoms with Crippen LogP contribution in [0.1, 0.15) is 49.1 Å². The van der Waals surface area contributed by atoms with Crippen molar-refractivity contribution in [3.05, 3.63) is 94.0 Å². The van der Waals surface area contributed by atoms with Crippen molar-refractivity contribution in [3.63, 3.8) is 0 Å². The SMILES string of the molecule is O=C(NC1CCSc2ccccc21)c1ccc2c(c1)C(=O)N(c1ccc(Cl)cc1)C2=O. The number of carbonyl (C=O) groups is 3. The number of thioether (sulfide) groups is 1. The van der Waals surface area contributed by atoms with Crippen LogP contribution in [0.4, 0.5) is 5.69 Å². The molecule has 0 saturated carbocycles. The Bertz CT molecular complexity index is 1230. The molecule has 7 heteroatoms. The van der Waals surface area contributed by atoms with Crippen LogP contribution in [0.15, 0.2) is 71.6 Å². The van der Waals surface area contributed by atoms with E-state index >= 15 is 0 Å². The molecule has 2 aliphatic heterocycles. The molecule has 1 atom stereocenters. The molecule has 0 aromatic heterocycles. The highest BCUT2D eigenvalue weighted by Gasteiger charge is 2.37. The van der Waals surface area contributed by atoms with Crippen molar-refractivity contribution in [1.29, 1.82) is 0 Å². The number of nitrogens with one attached hydrogen (secondary N) is 1. The summed E-state index contributed by atoms with van der Waals surface area (Å²) in [7, 11) is 0. The van der Waals surface area contributed by atoms with Crippen molar-refractivity contribution in [1.82, 2.24) is 5.32 Å². The van der Waals surface area contributed by atoms with Gasteiger partial charge in [0, 0.05) is 21.2 Å². The number of benzene rings is 3. The Morgan fingerprint density at radius 2 is 1.71 bits per heavy atom. The Hall–Kier alpha value is -3.09. The van der Waals surface area contributed by atoms with Crippen LogP contribution < -0.4 is 10.2 Å². The second kappa shape index (κ2) is 7.87. The lowest BCUT2D eigenvalue weighted by molar-refractivity contribution is 0.0920. The number of nitrogens with zero attached hydrogens (tertiary/aromatic N) is 1. The molecule has 31 heavy (non-hydrogen) atoms. The molecule has 1 unspecified atom stereocenters. The number of imide groups is 1. The Morgan fingerprint density at radius 1 is 0.968 bits per heavy atom. The second-order valence-electron chi connectivity index (χ2n) is 7.38. The first kappa shape index (κ1) is 19.8. The zero-order valence-corrected chi connectivity index (χ0v) is 17.9. The lowest BCUT2D eigenvalue weighted by atomic mass is 10.0. The minimum Gasteiger partial charge on any atom is -0.345 e. The van der Waals surface area contributed by atoms with E-state index in [9.17, 15) is 14.4 Å². The molecule has 0 fully saturated rings. The van der Waals surface area contributed by atoms with E-state index in [-0.39, 0.29) is 23.1 Å². The van der Waals surface area contributed by atoms with E-state index in [1.807, 2.05) is 18.2 Å². The van der Waals surface area contributed by atoms with Gasteiger partial charge in [0.2, 0.25) is 0 Å². The van der Waals surface area contributed by atoms with Crippen LogP contribution in [-0.2, 0) is 0 Å². The minimum absolute atomic E-state index is 0.0823. The molecule has 154 valence electrons. The fourth-order valence-corrected chi connectivity index (χ4v) is 5.19. The molecule has 3 aromatic rings. The van der Waals surface area contributed by atoms with Crippen LogP contribution in [0.5, 0.6) is 0 Å². The summed E-state index contributed by atoms with van der Waals surface area (Å²) < 4.78 is 0. The molecule has 0 aliphatic carbocycles. The van der Waals surface area contributed by atoms with Crippen molar-refractivity contribution in [2.24, 2.45) is 0 Å².